The van der Waals surface area contributed by atoms with Crippen LogP contribution in [0.2, 0.25) is 0 Å². The predicted octanol–water partition coefficient (Wildman–Crippen LogP) is 0.293. The van der Waals surface area contributed by atoms with Gasteiger partial charge in [0.2, 0.25) is 0 Å². The number of aliphatic imine (C=N–C) groups is 1. The highest BCUT2D eigenvalue weighted by atomic mass is 16.5. The van der Waals surface area contributed by atoms with Crippen molar-refractivity contribution >= 4 is 5.96 Å². The van der Waals surface area contributed by atoms with E-state index >= 15 is 0 Å². The predicted molar refractivity (Wildman–Crippen MR) is 114 cm³/mol. The van der Waals surface area contributed by atoms with Gasteiger partial charge in [0.1, 0.15) is 5.82 Å². The summed E-state index contributed by atoms with van der Waals surface area (Å²) in [5.41, 5.74) is 0.0302. The number of nitrogens with one attached hydrogen (secondary N) is 2. The lowest BCUT2D eigenvalue weighted by Crippen LogP contribution is -2.50. The number of aromatic nitrogens is 3. The zero-order valence-corrected chi connectivity index (χ0v) is 18.2. The molecular formula is C20H37N7O2. The van der Waals surface area contributed by atoms with Crippen LogP contribution in [0, 0.1) is 5.92 Å². The van der Waals surface area contributed by atoms with Gasteiger partial charge in [-0.05, 0) is 25.2 Å². The molecule has 3 heterocycles. The number of nitrogens with zero attached hydrogens (tertiary/aromatic N) is 5. The van der Waals surface area contributed by atoms with Gasteiger partial charge in [-0.25, -0.2) is 9.48 Å². The summed E-state index contributed by atoms with van der Waals surface area (Å²) in [6, 6.07) is 0. The van der Waals surface area contributed by atoms with E-state index < -0.39 is 0 Å². The molecule has 0 saturated carbocycles. The van der Waals surface area contributed by atoms with E-state index in [0.717, 1.165) is 83.3 Å². The summed E-state index contributed by atoms with van der Waals surface area (Å²) in [4.78, 5) is 19.1. The highest BCUT2D eigenvalue weighted by Crippen LogP contribution is 2.09. The molecule has 1 aromatic heterocycles. The average Bonchev–Trinajstić information content (AvgIpc) is 3.03. The van der Waals surface area contributed by atoms with E-state index in [9.17, 15) is 4.79 Å². The molecule has 164 valence electrons. The normalized spacial score (nSPS) is 20.7. The van der Waals surface area contributed by atoms with Gasteiger partial charge in [0.05, 0.1) is 12.7 Å². The number of hydrogen-bond acceptors (Lipinski definition) is 5. The van der Waals surface area contributed by atoms with Crippen LogP contribution >= 0.6 is 0 Å². The third kappa shape index (κ3) is 6.30. The number of fused-ring (bicyclic) bond motifs is 1. The highest BCUT2D eigenvalue weighted by molar-refractivity contribution is 5.79. The Hall–Kier alpha value is -1.87. The molecule has 3 rings (SSSR count). The van der Waals surface area contributed by atoms with E-state index in [4.69, 9.17) is 4.74 Å². The first-order valence-electron chi connectivity index (χ1n) is 11.0. The van der Waals surface area contributed by atoms with Crippen LogP contribution in [0.25, 0.3) is 0 Å². The summed E-state index contributed by atoms with van der Waals surface area (Å²) in [7, 11) is 1.77. The molecule has 1 saturated heterocycles. The maximum atomic E-state index is 12.4. The molecule has 1 atom stereocenters. The summed E-state index contributed by atoms with van der Waals surface area (Å²) in [6.07, 6.45) is 4.10. The van der Waals surface area contributed by atoms with Gasteiger partial charge in [0, 0.05) is 59.3 Å². The van der Waals surface area contributed by atoms with Gasteiger partial charge in [-0.2, -0.15) is 5.10 Å². The lowest BCUT2D eigenvalue weighted by molar-refractivity contribution is -0.0284. The van der Waals surface area contributed by atoms with Crippen molar-refractivity contribution in [2.45, 2.75) is 58.7 Å². The fraction of sp³-hybridized carbons (Fsp3) is 0.850. The van der Waals surface area contributed by atoms with E-state index in [2.05, 4.69) is 39.5 Å². The summed E-state index contributed by atoms with van der Waals surface area (Å²) >= 11 is 0. The Kier molecular flexibility index (Phi) is 8.11. The van der Waals surface area contributed by atoms with Crippen LogP contribution in [0.4, 0.5) is 0 Å². The minimum Gasteiger partial charge on any atom is -0.374 e. The third-order valence-corrected chi connectivity index (χ3v) is 5.44. The topological polar surface area (TPSA) is 88.7 Å². The molecule has 1 fully saturated rings. The number of morpholine rings is 1. The second-order valence-corrected chi connectivity index (χ2v) is 8.41. The Morgan fingerprint density at radius 1 is 1.31 bits per heavy atom. The van der Waals surface area contributed by atoms with E-state index in [1.54, 1.807) is 11.7 Å². The maximum absolute atomic E-state index is 12.4. The van der Waals surface area contributed by atoms with Crippen molar-refractivity contribution in [2.24, 2.45) is 10.9 Å². The van der Waals surface area contributed by atoms with E-state index in [1.807, 2.05) is 4.57 Å². The summed E-state index contributed by atoms with van der Waals surface area (Å²) < 4.78 is 9.32. The van der Waals surface area contributed by atoms with Crippen LogP contribution in [-0.4, -0.2) is 77.7 Å². The first kappa shape index (κ1) is 21.8. The molecule has 1 unspecified atom stereocenters. The number of rotatable bonds is 8. The Labute approximate surface area is 173 Å². The Morgan fingerprint density at radius 3 is 2.93 bits per heavy atom. The second-order valence-electron chi connectivity index (χ2n) is 8.41. The second kappa shape index (κ2) is 10.8. The van der Waals surface area contributed by atoms with Crippen LogP contribution in [-0.2, 0) is 24.2 Å². The molecule has 0 amide bonds. The Morgan fingerprint density at radius 2 is 2.17 bits per heavy atom. The zero-order valence-electron chi connectivity index (χ0n) is 18.2. The number of ether oxygens (including phenoxy) is 1. The fourth-order valence-corrected chi connectivity index (χ4v) is 4.05. The standard InChI is InChI=1S/C20H37N7O2/c1-16(2)14-25-11-12-29-17(15-25)13-23-19(21-3)22-8-6-10-27-20(28)26-9-5-4-7-18(26)24-27/h16-17H,4-15H2,1-3H3,(H2,21,22,23). The Bertz CT molecular complexity index is 725. The molecule has 9 nitrogen and oxygen atoms in total. The molecular weight excluding hydrogens is 370 g/mol. The van der Waals surface area contributed by atoms with Crippen molar-refractivity contribution in [3.05, 3.63) is 16.3 Å². The van der Waals surface area contributed by atoms with Crippen LogP contribution < -0.4 is 16.3 Å². The van der Waals surface area contributed by atoms with Gasteiger partial charge < -0.3 is 15.4 Å². The molecule has 9 heteroatoms. The fourth-order valence-electron chi connectivity index (χ4n) is 4.05. The molecule has 1 aromatic rings. The van der Waals surface area contributed by atoms with E-state index in [1.165, 1.54) is 0 Å². The van der Waals surface area contributed by atoms with Gasteiger partial charge >= 0.3 is 5.69 Å². The molecule has 2 N–H and O–H groups in total. The monoisotopic (exact) mass is 407 g/mol. The summed E-state index contributed by atoms with van der Waals surface area (Å²) in [6.45, 7) is 11.3. The maximum Gasteiger partial charge on any atom is 0.345 e. The van der Waals surface area contributed by atoms with Gasteiger partial charge in [0.15, 0.2) is 5.96 Å². The SMILES string of the molecule is CN=C(NCCCn1nc2n(c1=O)CCCC2)NCC1CN(CC(C)C)CCO1. The molecule has 0 aliphatic carbocycles. The van der Waals surface area contributed by atoms with Gasteiger partial charge in [-0.15, -0.1) is 0 Å². The summed E-state index contributed by atoms with van der Waals surface area (Å²) in [5, 5.41) is 11.2. The van der Waals surface area contributed by atoms with Crippen molar-refractivity contribution in [1.29, 1.82) is 0 Å². The lowest BCUT2D eigenvalue weighted by atomic mass is 10.2. The minimum absolute atomic E-state index is 0.0302. The minimum atomic E-state index is 0.0302. The molecule has 29 heavy (non-hydrogen) atoms. The first-order valence-corrected chi connectivity index (χ1v) is 11.0. The van der Waals surface area contributed by atoms with Crippen molar-refractivity contribution in [3.63, 3.8) is 0 Å². The van der Waals surface area contributed by atoms with Gasteiger partial charge in [-0.1, -0.05) is 13.8 Å². The van der Waals surface area contributed by atoms with E-state index in [0.29, 0.717) is 12.5 Å². The lowest BCUT2D eigenvalue weighted by Gasteiger charge is -2.34. The van der Waals surface area contributed by atoms with Crippen LogP contribution in [0.3, 0.4) is 0 Å². The molecule has 0 radical (unpaired) electrons. The van der Waals surface area contributed by atoms with Crippen molar-refractivity contribution in [2.75, 3.05) is 46.4 Å². The van der Waals surface area contributed by atoms with Crippen LogP contribution in [0.5, 0.6) is 0 Å². The molecule has 0 bridgehead atoms. The van der Waals surface area contributed by atoms with E-state index in [-0.39, 0.29) is 11.8 Å². The molecule has 0 spiro atoms. The number of guanidine groups is 1. The average molecular weight is 408 g/mol. The van der Waals surface area contributed by atoms with Gasteiger partial charge in [-0.3, -0.25) is 14.5 Å². The Balaban J connectivity index is 1.36. The largest absolute Gasteiger partial charge is 0.374 e. The molecule has 2 aliphatic rings. The third-order valence-electron chi connectivity index (χ3n) is 5.44. The highest BCUT2D eigenvalue weighted by Gasteiger charge is 2.21. The smallest absolute Gasteiger partial charge is 0.345 e. The molecule has 0 aromatic carbocycles. The van der Waals surface area contributed by atoms with Crippen molar-refractivity contribution < 1.29 is 4.74 Å². The summed E-state index contributed by atoms with van der Waals surface area (Å²) in [5.74, 6) is 2.38. The number of aryl methyl sites for hydroxylation is 2. The quantitative estimate of drug-likeness (QED) is 0.366. The van der Waals surface area contributed by atoms with Crippen LogP contribution in [0.1, 0.15) is 38.9 Å². The first-order chi connectivity index (χ1) is 14.1. The van der Waals surface area contributed by atoms with Crippen LogP contribution in [0.15, 0.2) is 9.79 Å². The zero-order chi connectivity index (χ0) is 20.6. The molecule has 2 aliphatic heterocycles. The van der Waals surface area contributed by atoms with Gasteiger partial charge in [0.25, 0.3) is 0 Å². The van der Waals surface area contributed by atoms with Crippen molar-refractivity contribution in [3.8, 4) is 0 Å². The van der Waals surface area contributed by atoms with Crippen molar-refractivity contribution in [1.82, 2.24) is 29.9 Å². The number of hydrogen-bond donors (Lipinski definition) is 2.